The van der Waals surface area contributed by atoms with Crippen LogP contribution in [0, 0.1) is 11.8 Å². The first-order valence-electron chi connectivity index (χ1n) is 6.66. The van der Waals surface area contributed by atoms with Gasteiger partial charge in [-0.3, -0.25) is 4.79 Å². The smallest absolute Gasteiger partial charge is 0.236 e. The summed E-state index contributed by atoms with van der Waals surface area (Å²) in [6, 6.07) is -0.248. The van der Waals surface area contributed by atoms with E-state index in [2.05, 4.69) is 24.1 Å². The standard InChI is InChI=1S/C13H27N3O.ClH/c1-9-5-10(2)7-16(6-9)8-11(3)15-13(17)12(4)14;/h9-12H,5-8,14H2,1-4H3,(H,15,17);1H. The van der Waals surface area contributed by atoms with Crippen LogP contribution in [0.2, 0.25) is 0 Å². The Balaban J connectivity index is 0.00000289. The number of carbonyl (C=O) groups excluding carboxylic acids is 1. The van der Waals surface area contributed by atoms with Crippen LogP contribution in [-0.4, -0.2) is 42.5 Å². The fourth-order valence-electron chi connectivity index (χ4n) is 2.75. The summed E-state index contributed by atoms with van der Waals surface area (Å²) in [4.78, 5) is 13.9. The number of likely N-dealkylation sites (tertiary alicyclic amines) is 1. The van der Waals surface area contributed by atoms with Crippen molar-refractivity contribution in [3.63, 3.8) is 0 Å². The van der Waals surface area contributed by atoms with Crippen molar-refractivity contribution in [2.45, 2.75) is 46.2 Å². The van der Waals surface area contributed by atoms with Crippen molar-refractivity contribution in [3.8, 4) is 0 Å². The normalized spacial score (nSPS) is 28.1. The van der Waals surface area contributed by atoms with Crippen LogP contribution in [0.15, 0.2) is 0 Å². The molecular weight excluding hydrogens is 250 g/mol. The lowest BCUT2D eigenvalue weighted by Crippen LogP contribution is -2.49. The molecule has 4 unspecified atom stereocenters. The molecular formula is C13H28ClN3O. The molecule has 108 valence electrons. The maximum Gasteiger partial charge on any atom is 0.236 e. The zero-order valence-corrected chi connectivity index (χ0v) is 12.8. The summed E-state index contributed by atoms with van der Waals surface area (Å²) in [5.41, 5.74) is 5.54. The number of rotatable bonds is 4. The molecule has 1 saturated heterocycles. The molecule has 0 aliphatic carbocycles. The van der Waals surface area contributed by atoms with E-state index in [1.165, 1.54) is 6.42 Å². The fraction of sp³-hybridized carbons (Fsp3) is 0.923. The molecule has 0 radical (unpaired) electrons. The zero-order chi connectivity index (χ0) is 13.0. The molecule has 5 heteroatoms. The molecule has 1 heterocycles. The summed E-state index contributed by atoms with van der Waals surface area (Å²) in [7, 11) is 0. The largest absolute Gasteiger partial charge is 0.351 e. The molecule has 0 bridgehead atoms. The predicted molar refractivity (Wildman–Crippen MR) is 77.9 cm³/mol. The second-order valence-corrected chi connectivity index (χ2v) is 5.86. The first kappa shape index (κ1) is 17.7. The van der Waals surface area contributed by atoms with Crippen molar-refractivity contribution in [1.29, 1.82) is 0 Å². The lowest BCUT2D eigenvalue weighted by atomic mass is 9.92. The molecule has 1 amide bonds. The minimum Gasteiger partial charge on any atom is -0.351 e. The lowest BCUT2D eigenvalue weighted by Gasteiger charge is -2.36. The number of carbonyl (C=O) groups is 1. The summed E-state index contributed by atoms with van der Waals surface area (Å²) in [6.07, 6.45) is 1.32. The van der Waals surface area contributed by atoms with Gasteiger partial charge in [-0.15, -0.1) is 12.4 Å². The Hall–Kier alpha value is -0.320. The third-order valence-corrected chi connectivity index (χ3v) is 3.28. The minimum absolute atomic E-state index is 0. The van der Waals surface area contributed by atoms with Gasteiger partial charge in [0.2, 0.25) is 5.91 Å². The van der Waals surface area contributed by atoms with Gasteiger partial charge >= 0.3 is 0 Å². The maximum atomic E-state index is 11.5. The number of nitrogens with one attached hydrogen (secondary N) is 1. The maximum absolute atomic E-state index is 11.5. The Labute approximate surface area is 117 Å². The average molecular weight is 278 g/mol. The van der Waals surface area contributed by atoms with Crippen molar-refractivity contribution in [3.05, 3.63) is 0 Å². The number of nitrogens with zero attached hydrogens (tertiary/aromatic N) is 1. The highest BCUT2D eigenvalue weighted by molar-refractivity contribution is 5.85. The van der Waals surface area contributed by atoms with Crippen LogP contribution in [0.3, 0.4) is 0 Å². The highest BCUT2D eigenvalue weighted by Gasteiger charge is 2.23. The van der Waals surface area contributed by atoms with E-state index >= 15 is 0 Å². The Morgan fingerprint density at radius 2 is 1.83 bits per heavy atom. The molecule has 4 atom stereocenters. The quantitative estimate of drug-likeness (QED) is 0.813. The molecule has 0 aromatic heterocycles. The van der Waals surface area contributed by atoms with Gasteiger partial charge in [0.05, 0.1) is 6.04 Å². The van der Waals surface area contributed by atoms with Crippen molar-refractivity contribution >= 4 is 18.3 Å². The Bertz CT molecular complexity index is 251. The number of hydrogen-bond acceptors (Lipinski definition) is 3. The van der Waals surface area contributed by atoms with Gasteiger partial charge in [-0.05, 0) is 32.1 Å². The van der Waals surface area contributed by atoms with E-state index in [-0.39, 0.29) is 24.4 Å². The van der Waals surface area contributed by atoms with E-state index in [4.69, 9.17) is 5.73 Å². The first-order valence-corrected chi connectivity index (χ1v) is 6.66. The third-order valence-electron chi connectivity index (χ3n) is 3.28. The number of piperidine rings is 1. The molecule has 1 aliphatic heterocycles. The van der Waals surface area contributed by atoms with Crippen LogP contribution in [0.4, 0.5) is 0 Å². The number of amides is 1. The number of halogens is 1. The summed E-state index contributed by atoms with van der Waals surface area (Å²) < 4.78 is 0. The molecule has 0 aromatic rings. The Morgan fingerprint density at radius 1 is 1.33 bits per heavy atom. The molecule has 0 saturated carbocycles. The van der Waals surface area contributed by atoms with Gasteiger partial charge in [0.15, 0.2) is 0 Å². The van der Waals surface area contributed by atoms with Crippen LogP contribution in [0.5, 0.6) is 0 Å². The number of nitrogens with two attached hydrogens (primary N) is 1. The van der Waals surface area contributed by atoms with Crippen LogP contribution < -0.4 is 11.1 Å². The Morgan fingerprint density at radius 3 is 2.28 bits per heavy atom. The molecule has 4 nitrogen and oxygen atoms in total. The van der Waals surface area contributed by atoms with E-state index < -0.39 is 6.04 Å². The van der Waals surface area contributed by atoms with Gasteiger partial charge in [-0.1, -0.05) is 13.8 Å². The SMILES string of the molecule is CC1CC(C)CN(CC(C)NC(=O)C(C)N)C1.Cl. The van der Waals surface area contributed by atoms with Crippen molar-refractivity contribution in [2.24, 2.45) is 17.6 Å². The van der Waals surface area contributed by atoms with Crippen LogP contribution in [-0.2, 0) is 4.79 Å². The van der Waals surface area contributed by atoms with E-state index in [1.54, 1.807) is 6.92 Å². The Kier molecular flexibility index (Phi) is 7.83. The molecule has 18 heavy (non-hydrogen) atoms. The predicted octanol–water partition coefficient (Wildman–Crippen LogP) is 1.24. The average Bonchev–Trinajstić information content (AvgIpc) is 2.14. The summed E-state index contributed by atoms with van der Waals surface area (Å²) in [5, 5.41) is 2.95. The van der Waals surface area contributed by atoms with E-state index in [0.29, 0.717) is 0 Å². The van der Waals surface area contributed by atoms with Gasteiger partial charge < -0.3 is 16.0 Å². The molecule has 0 spiro atoms. The fourth-order valence-corrected chi connectivity index (χ4v) is 2.75. The summed E-state index contributed by atoms with van der Waals surface area (Å²) in [6.45, 7) is 11.6. The van der Waals surface area contributed by atoms with Gasteiger partial charge in [0, 0.05) is 25.7 Å². The van der Waals surface area contributed by atoms with Crippen molar-refractivity contribution in [1.82, 2.24) is 10.2 Å². The topological polar surface area (TPSA) is 58.4 Å². The highest BCUT2D eigenvalue weighted by Crippen LogP contribution is 2.20. The van der Waals surface area contributed by atoms with Gasteiger partial charge in [0.1, 0.15) is 0 Å². The zero-order valence-electron chi connectivity index (χ0n) is 12.0. The van der Waals surface area contributed by atoms with Gasteiger partial charge in [0.25, 0.3) is 0 Å². The lowest BCUT2D eigenvalue weighted by molar-refractivity contribution is -0.122. The third kappa shape index (κ3) is 6.03. The molecule has 1 aliphatic rings. The summed E-state index contributed by atoms with van der Waals surface area (Å²) >= 11 is 0. The highest BCUT2D eigenvalue weighted by atomic mass is 35.5. The second-order valence-electron chi connectivity index (χ2n) is 5.86. The minimum atomic E-state index is -0.420. The van der Waals surface area contributed by atoms with E-state index in [0.717, 1.165) is 31.5 Å². The molecule has 0 aromatic carbocycles. The van der Waals surface area contributed by atoms with Gasteiger partial charge in [-0.2, -0.15) is 0 Å². The van der Waals surface area contributed by atoms with Crippen molar-refractivity contribution < 1.29 is 4.79 Å². The summed E-state index contributed by atoms with van der Waals surface area (Å²) in [5.74, 6) is 1.46. The van der Waals surface area contributed by atoms with Gasteiger partial charge in [-0.25, -0.2) is 0 Å². The van der Waals surface area contributed by atoms with E-state index in [1.807, 2.05) is 6.92 Å². The number of hydrogen-bond donors (Lipinski definition) is 2. The molecule has 1 fully saturated rings. The van der Waals surface area contributed by atoms with Crippen LogP contribution in [0.1, 0.15) is 34.1 Å². The van der Waals surface area contributed by atoms with E-state index in [9.17, 15) is 4.79 Å². The second kappa shape index (κ2) is 7.97. The molecule has 3 N–H and O–H groups in total. The molecule has 1 rings (SSSR count). The van der Waals surface area contributed by atoms with Crippen LogP contribution in [0.25, 0.3) is 0 Å². The first-order chi connectivity index (χ1) is 7.88. The van der Waals surface area contributed by atoms with Crippen LogP contribution >= 0.6 is 12.4 Å². The van der Waals surface area contributed by atoms with Crippen molar-refractivity contribution in [2.75, 3.05) is 19.6 Å². The monoisotopic (exact) mass is 277 g/mol.